The van der Waals surface area contributed by atoms with E-state index >= 15 is 0 Å². The molecule has 27 heavy (non-hydrogen) atoms. The zero-order valence-corrected chi connectivity index (χ0v) is 19.9. The molecule has 0 fully saturated rings. The molecule has 9 heteroatoms. The Morgan fingerprint density at radius 3 is 2.63 bits per heavy atom. The Labute approximate surface area is 186 Å². The predicted octanol–water partition coefficient (Wildman–Crippen LogP) is 3.11. The molecule has 0 atom stereocenters. The zero-order chi connectivity index (χ0) is 18.9. The molecule has 1 amide bonds. The molecule has 0 aliphatic carbocycles. The summed E-state index contributed by atoms with van der Waals surface area (Å²) >= 11 is 3.49. The number of ether oxygens (including phenoxy) is 2. The minimum Gasteiger partial charge on any atom is -0.454 e. The summed E-state index contributed by atoms with van der Waals surface area (Å²) < 4.78 is 11.7. The first-order valence-electron chi connectivity index (χ1n) is 8.96. The van der Waals surface area contributed by atoms with E-state index in [2.05, 4.69) is 31.6 Å². The number of nitrogens with one attached hydrogen (secondary N) is 2. The van der Waals surface area contributed by atoms with Crippen LogP contribution in [0.4, 0.5) is 0 Å². The molecular formula is C18H28BrIN4O3. The van der Waals surface area contributed by atoms with E-state index in [1.807, 2.05) is 37.8 Å². The minimum atomic E-state index is 0. The smallest absolute Gasteiger partial charge is 0.231 e. The normalized spacial score (nSPS) is 12.4. The molecule has 0 saturated carbocycles. The van der Waals surface area contributed by atoms with E-state index in [0.29, 0.717) is 25.5 Å². The highest BCUT2D eigenvalue weighted by Gasteiger charge is 2.17. The molecule has 0 radical (unpaired) electrons. The SMILES string of the molecule is CCNC(=NCc1cc(Br)c2c(c1)OCO2)NCCC(=O)N(CC)CC.I. The molecule has 7 nitrogen and oxygen atoms in total. The second-order valence-electron chi connectivity index (χ2n) is 5.75. The number of fused-ring (bicyclic) bond motifs is 1. The van der Waals surface area contributed by atoms with Gasteiger partial charge in [-0.15, -0.1) is 24.0 Å². The second-order valence-corrected chi connectivity index (χ2v) is 6.60. The van der Waals surface area contributed by atoms with Gasteiger partial charge in [-0.05, 0) is 54.4 Å². The van der Waals surface area contributed by atoms with E-state index in [-0.39, 0.29) is 36.7 Å². The lowest BCUT2D eigenvalue weighted by Crippen LogP contribution is -2.40. The number of carbonyl (C=O) groups is 1. The molecule has 152 valence electrons. The Bertz CT molecular complexity index is 654. The number of benzene rings is 1. The van der Waals surface area contributed by atoms with Crippen LogP contribution in [0.3, 0.4) is 0 Å². The highest BCUT2D eigenvalue weighted by molar-refractivity contribution is 14.0. The summed E-state index contributed by atoms with van der Waals surface area (Å²) in [5.41, 5.74) is 1.01. The Balaban J connectivity index is 0.00000364. The lowest BCUT2D eigenvalue weighted by Gasteiger charge is -2.19. The zero-order valence-electron chi connectivity index (χ0n) is 16.0. The van der Waals surface area contributed by atoms with Crippen LogP contribution in [0.25, 0.3) is 0 Å². The number of halogens is 2. The quantitative estimate of drug-likeness (QED) is 0.293. The first-order chi connectivity index (χ1) is 12.6. The molecule has 1 aliphatic heterocycles. The van der Waals surface area contributed by atoms with Crippen LogP contribution in [0, 0.1) is 0 Å². The highest BCUT2D eigenvalue weighted by Crippen LogP contribution is 2.40. The fourth-order valence-corrected chi connectivity index (χ4v) is 3.25. The standard InChI is InChI=1S/C18H27BrN4O3.HI/c1-4-20-18(21-8-7-16(24)23(5-2)6-3)22-11-13-9-14(19)17-15(10-13)25-12-26-17;/h9-10H,4-8,11-12H2,1-3H3,(H2,20,21,22);1H. The molecule has 1 aromatic rings. The molecule has 1 aromatic carbocycles. The van der Waals surface area contributed by atoms with Gasteiger partial charge >= 0.3 is 0 Å². The Hall–Kier alpha value is -1.23. The third-order valence-electron chi connectivity index (χ3n) is 4.00. The van der Waals surface area contributed by atoms with Crippen molar-refractivity contribution in [3.05, 3.63) is 22.2 Å². The number of amides is 1. The molecule has 0 spiro atoms. The van der Waals surface area contributed by atoms with Gasteiger partial charge in [0.25, 0.3) is 0 Å². The van der Waals surface area contributed by atoms with Crippen molar-refractivity contribution < 1.29 is 14.3 Å². The molecular weight excluding hydrogens is 527 g/mol. The molecule has 0 aromatic heterocycles. The van der Waals surface area contributed by atoms with Crippen LogP contribution in [0.2, 0.25) is 0 Å². The van der Waals surface area contributed by atoms with Crippen LogP contribution in [-0.4, -0.2) is 49.7 Å². The van der Waals surface area contributed by atoms with Crippen LogP contribution in [0.1, 0.15) is 32.8 Å². The van der Waals surface area contributed by atoms with Crippen molar-refractivity contribution in [1.29, 1.82) is 0 Å². The number of nitrogens with zero attached hydrogens (tertiary/aromatic N) is 2. The Morgan fingerprint density at radius 1 is 1.22 bits per heavy atom. The van der Waals surface area contributed by atoms with Crippen LogP contribution in [-0.2, 0) is 11.3 Å². The number of hydrogen-bond acceptors (Lipinski definition) is 4. The average Bonchev–Trinajstić information content (AvgIpc) is 3.10. The molecule has 0 saturated heterocycles. The van der Waals surface area contributed by atoms with E-state index in [1.165, 1.54) is 0 Å². The predicted molar refractivity (Wildman–Crippen MR) is 121 cm³/mol. The topological polar surface area (TPSA) is 75.2 Å². The Kier molecular flexibility index (Phi) is 10.8. The molecule has 1 aliphatic rings. The van der Waals surface area contributed by atoms with Crippen LogP contribution in [0.5, 0.6) is 11.5 Å². The third-order valence-corrected chi connectivity index (χ3v) is 4.59. The van der Waals surface area contributed by atoms with E-state index < -0.39 is 0 Å². The number of carbonyl (C=O) groups excluding carboxylic acids is 1. The lowest BCUT2D eigenvalue weighted by molar-refractivity contribution is -0.130. The van der Waals surface area contributed by atoms with Crippen molar-refractivity contribution >= 4 is 51.8 Å². The first kappa shape index (κ1) is 23.8. The van der Waals surface area contributed by atoms with Gasteiger partial charge in [0.15, 0.2) is 17.5 Å². The fraction of sp³-hybridized carbons (Fsp3) is 0.556. The minimum absolute atomic E-state index is 0. The summed E-state index contributed by atoms with van der Waals surface area (Å²) in [4.78, 5) is 18.5. The van der Waals surface area contributed by atoms with Crippen molar-refractivity contribution in [2.75, 3.05) is 33.0 Å². The first-order valence-corrected chi connectivity index (χ1v) is 9.76. The summed E-state index contributed by atoms with van der Waals surface area (Å²) in [5, 5.41) is 6.41. The van der Waals surface area contributed by atoms with Crippen molar-refractivity contribution in [2.24, 2.45) is 4.99 Å². The molecule has 0 bridgehead atoms. The monoisotopic (exact) mass is 554 g/mol. The third kappa shape index (κ3) is 7.02. The van der Waals surface area contributed by atoms with Gasteiger partial charge in [-0.3, -0.25) is 4.79 Å². The maximum absolute atomic E-state index is 12.1. The number of aliphatic imine (C=N–C) groups is 1. The number of rotatable bonds is 8. The number of hydrogen-bond donors (Lipinski definition) is 2. The van der Waals surface area contributed by atoms with Crippen molar-refractivity contribution in [1.82, 2.24) is 15.5 Å². The van der Waals surface area contributed by atoms with Crippen molar-refractivity contribution in [3.63, 3.8) is 0 Å². The maximum Gasteiger partial charge on any atom is 0.231 e. The van der Waals surface area contributed by atoms with Crippen LogP contribution in [0.15, 0.2) is 21.6 Å². The summed E-state index contributed by atoms with van der Waals surface area (Å²) in [6.07, 6.45) is 0.446. The van der Waals surface area contributed by atoms with Crippen LogP contribution < -0.4 is 20.1 Å². The molecule has 1 heterocycles. The largest absolute Gasteiger partial charge is 0.454 e. The highest BCUT2D eigenvalue weighted by atomic mass is 127. The molecule has 2 N–H and O–H groups in total. The van der Waals surface area contributed by atoms with E-state index in [1.54, 1.807) is 0 Å². The average molecular weight is 555 g/mol. The fourth-order valence-electron chi connectivity index (χ4n) is 2.65. The van der Waals surface area contributed by atoms with Crippen molar-refractivity contribution in [2.45, 2.75) is 33.7 Å². The lowest BCUT2D eigenvalue weighted by atomic mass is 10.2. The van der Waals surface area contributed by atoms with Crippen LogP contribution >= 0.6 is 39.9 Å². The van der Waals surface area contributed by atoms with Gasteiger partial charge in [0.1, 0.15) is 0 Å². The Morgan fingerprint density at radius 2 is 1.96 bits per heavy atom. The van der Waals surface area contributed by atoms with E-state index in [9.17, 15) is 4.79 Å². The van der Waals surface area contributed by atoms with Gasteiger partial charge in [-0.25, -0.2) is 4.99 Å². The molecule has 2 rings (SSSR count). The van der Waals surface area contributed by atoms with Crippen molar-refractivity contribution in [3.8, 4) is 11.5 Å². The number of guanidine groups is 1. The van der Waals surface area contributed by atoms with Gasteiger partial charge < -0.3 is 25.0 Å². The van der Waals surface area contributed by atoms with Gasteiger partial charge in [-0.2, -0.15) is 0 Å². The van der Waals surface area contributed by atoms with E-state index in [4.69, 9.17) is 9.47 Å². The summed E-state index contributed by atoms with van der Waals surface area (Å²) in [7, 11) is 0. The van der Waals surface area contributed by atoms with E-state index in [0.717, 1.165) is 41.2 Å². The summed E-state index contributed by atoms with van der Waals surface area (Å²) in [6, 6.07) is 3.91. The van der Waals surface area contributed by atoms with Gasteiger partial charge in [0, 0.05) is 32.6 Å². The van der Waals surface area contributed by atoms with Gasteiger partial charge in [-0.1, -0.05) is 0 Å². The molecule has 0 unspecified atom stereocenters. The second kappa shape index (κ2) is 12.3. The van der Waals surface area contributed by atoms with Gasteiger partial charge in [0.05, 0.1) is 11.0 Å². The summed E-state index contributed by atoms with van der Waals surface area (Å²) in [6.45, 7) is 9.50. The van der Waals surface area contributed by atoms with Gasteiger partial charge in [0.2, 0.25) is 12.7 Å². The maximum atomic E-state index is 12.1. The summed E-state index contributed by atoms with van der Waals surface area (Å²) in [5.74, 6) is 2.30.